The van der Waals surface area contributed by atoms with Crippen LogP contribution in [0.5, 0.6) is 11.5 Å². The molecule has 0 aliphatic carbocycles. The molecule has 10 nitrogen and oxygen atoms in total. The quantitative estimate of drug-likeness (QED) is 0.123. The molecule has 1 spiro atoms. The van der Waals surface area contributed by atoms with E-state index in [4.69, 9.17) is 14.2 Å². The predicted molar refractivity (Wildman–Crippen MR) is 236 cm³/mol. The Morgan fingerprint density at radius 3 is 2.22 bits per heavy atom. The largest absolute Gasteiger partial charge is 0.497 e. The van der Waals surface area contributed by atoms with Gasteiger partial charge in [0.05, 0.1) is 59.3 Å². The van der Waals surface area contributed by atoms with Crippen molar-refractivity contribution >= 4 is 48.0 Å². The van der Waals surface area contributed by atoms with Crippen LogP contribution < -0.4 is 24.5 Å². The fourth-order valence-electron chi connectivity index (χ4n) is 9.94. The van der Waals surface area contributed by atoms with Crippen LogP contribution in [0.4, 0.5) is 17.1 Å². The standard InChI is InChI=1S/C49H53N3O7Si/c1-33-47(60(4,5)40-23-20-38(57-2)21-24-40)44(30-46(55)50(27-28-53)31-34-11-7-6-8-12-34)59-49(33)41-29-39(58-3)22-25-43(41)51(48(49)56)32-35-15-18-37(19-16-35)52-42-14-10-9-13-36(42)17-26-45(52)54/h6-16,18-25,29,33,44,47,53H,17,26-28,30-32H2,1-5H3/t33-,44+,47-,49+/m0/s1. The highest BCUT2D eigenvalue weighted by Gasteiger charge is 2.66. The third-order valence-corrected chi connectivity index (χ3v) is 17.3. The summed E-state index contributed by atoms with van der Waals surface area (Å²) in [5, 5.41) is 11.2. The molecule has 5 aromatic carbocycles. The van der Waals surface area contributed by atoms with Crippen molar-refractivity contribution in [2.45, 2.75) is 69.6 Å². The molecule has 0 aromatic heterocycles. The van der Waals surface area contributed by atoms with Crippen molar-refractivity contribution in [2.24, 2.45) is 5.92 Å². The van der Waals surface area contributed by atoms with Gasteiger partial charge in [-0.2, -0.15) is 0 Å². The second-order valence-corrected chi connectivity index (χ2v) is 21.4. The van der Waals surface area contributed by atoms with Gasteiger partial charge in [-0.05, 0) is 77.2 Å². The van der Waals surface area contributed by atoms with Gasteiger partial charge in [0.25, 0.3) is 5.91 Å². The third-order valence-electron chi connectivity index (χ3n) is 13.0. The number of ether oxygens (including phenoxy) is 3. The summed E-state index contributed by atoms with van der Waals surface area (Å²) in [4.78, 5) is 48.4. The fraction of sp³-hybridized carbons (Fsp3) is 0.327. The van der Waals surface area contributed by atoms with Crippen LogP contribution >= 0.6 is 0 Å². The Morgan fingerprint density at radius 2 is 1.52 bits per heavy atom. The molecule has 4 atom stereocenters. The molecule has 8 rings (SSSR count). The van der Waals surface area contributed by atoms with Crippen LogP contribution in [0.25, 0.3) is 0 Å². The Labute approximate surface area is 353 Å². The highest BCUT2D eigenvalue weighted by Crippen LogP contribution is 2.60. The van der Waals surface area contributed by atoms with Gasteiger partial charge in [0, 0.05) is 36.7 Å². The molecule has 3 aliphatic heterocycles. The molecule has 60 heavy (non-hydrogen) atoms. The number of carbonyl (C=O) groups is 3. The number of carbonyl (C=O) groups excluding carboxylic acids is 3. The summed E-state index contributed by atoms with van der Waals surface area (Å²) in [7, 11) is 0.707. The van der Waals surface area contributed by atoms with E-state index in [1.165, 1.54) is 0 Å². The number of amides is 3. The monoisotopic (exact) mass is 823 g/mol. The SMILES string of the molecule is COc1ccc([Si](C)(C)[C@@H]2[C@@H](CC(=O)N(CCO)Cc3ccccc3)O[C@]3(C(=O)N(Cc4ccc(N5C(=O)CCc6ccccc65)cc4)c4ccc(OC)cc43)[C@H]2C)cc1. The Morgan fingerprint density at radius 1 is 0.833 bits per heavy atom. The highest BCUT2D eigenvalue weighted by atomic mass is 28.3. The molecule has 11 heteroatoms. The summed E-state index contributed by atoms with van der Waals surface area (Å²) in [6.45, 7) is 7.31. The minimum atomic E-state index is -2.55. The molecule has 5 aromatic rings. The van der Waals surface area contributed by atoms with Crippen LogP contribution in [0.1, 0.15) is 42.0 Å². The number of aliphatic hydroxyl groups is 1. The lowest BCUT2D eigenvalue weighted by Gasteiger charge is -2.37. The molecule has 0 radical (unpaired) electrons. The first kappa shape index (κ1) is 41.0. The van der Waals surface area contributed by atoms with Crippen LogP contribution in [0.15, 0.2) is 121 Å². The van der Waals surface area contributed by atoms with E-state index in [-0.39, 0.29) is 55.3 Å². The van der Waals surface area contributed by atoms with E-state index in [0.717, 1.165) is 56.7 Å². The van der Waals surface area contributed by atoms with E-state index in [0.29, 0.717) is 18.7 Å². The van der Waals surface area contributed by atoms with Gasteiger partial charge in [-0.1, -0.05) is 98.0 Å². The summed E-state index contributed by atoms with van der Waals surface area (Å²) >= 11 is 0. The second-order valence-electron chi connectivity index (χ2n) is 16.7. The van der Waals surface area contributed by atoms with Crippen LogP contribution in [0.2, 0.25) is 18.6 Å². The van der Waals surface area contributed by atoms with Gasteiger partial charge in [0.15, 0.2) is 5.60 Å². The summed E-state index contributed by atoms with van der Waals surface area (Å²) < 4.78 is 18.6. The average Bonchev–Trinajstić information content (AvgIpc) is 3.69. The molecule has 1 fully saturated rings. The highest BCUT2D eigenvalue weighted by molar-refractivity contribution is 6.91. The number of aliphatic hydroxyl groups excluding tert-OH is 1. The number of methoxy groups -OCH3 is 2. The summed E-state index contributed by atoms with van der Waals surface area (Å²) in [5.74, 6) is 0.750. The van der Waals surface area contributed by atoms with E-state index < -0.39 is 19.8 Å². The molecular weight excluding hydrogens is 771 g/mol. The van der Waals surface area contributed by atoms with Crippen molar-refractivity contribution in [3.63, 3.8) is 0 Å². The number of hydrogen-bond acceptors (Lipinski definition) is 7. The number of hydrogen-bond donors (Lipinski definition) is 1. The first-order chi connectivity index (χ1) is 29.0. The Kier molecular flexibility index (Phi) is 11.4. The van der Waals surface area contributed by atoms with E-state index in [1.807, 2.05) is 103 Å². The maximum Gasteiger partial charge on any atom is 0.264 e. The lowest BCUT2D eigenvalue weighted by Crippen LogP contribution is -2.52. The van der Waals surface area contributed by atoms with Crippen molar-refractivity contribution in [1.29, 1.82) is 0 Å². The number of anilines is 3. The van der Waals surface area contributed by atoms with Gasteiger partial charge >= 0.3 is 0 Å². The van der Waals surface area contributed by atoms with E-state index in [2.05, 4.69) is 38.2 Å². The second kappa shape index (κ2) is 16.7. The van der Waals surface area contributed by atoms with Gasteiger partial charge in [-0.25, -0.2) is 0 Å². The van der Waals surface area contributed by atoms with Crippen molar-refractivity contribution < 1.29 is 33.7 Å². The van der Waals surface area contributed by atoms with Crippen LogP contribution in [-0.4, -0.2) is 69.3 Å². The zero-order valence-corrected chi connectivity index (χ0v) is 36.0. The minimum Gasteiger partial charge on any atom is -0.497 e. The van der Waals surface area contributed by atoms with Gasteiger partial charge in [0.2, 0.25) is 11.8 Å². The van der Waals surface area contributed by atoms with Gasteiger partial charge in [-0.3, -0.25) is 19.3 Å². The molecule has 1 N–H and O–H groups in total. The predicted octanol–water partition coefficient (Wildman–Crippen LogP) is 7.49. The molecule has 3 amide bonds. The molecule has 0 bridgehead atoms. The van der Waals surface area contributed by atoms with Crippen LogP contribution in [0.3, 0.4) is 0 Å². The molecule has 3 heterocycles. The minimum absolute atomic E-state index is 0.0442. The molecular formula is C49H53N3O7Si. The van der Waals surface area contributed by atoms with E-state index in [1.54, 1.807) is 28.9 Å². The average molecular weight is 824 g/mol. The van der Waals surface area contributed by atoms with Crippen molar-refractivity contribution in [3.05, 3.63) is 144 Å². The number of nitrogens with zero attached hydrogens (tertiary/aromatic N) is 3. The van der Waals surface area contributed by atoms with Crippen molar-refractivity contribution in [1.82, 2.24) is 4.90 Å². The lowest BCUT2D eigenvalue weighted by molar-refractivity contribution is -0.150. The maximum absolute atomic E-state index is 15.5. The molecule has 3 aliphatic rings. The lowest BCUT2D eigenvalue weighted by atomic mass is 9.82. The first-order valence-corrected chi connectivity index (χ1v) is 23.8. The summed E-state index contributed by atoms with van der Waals surface area (Å²) in [6.07, 6.45) is 0.597. The van der Waals surface area contributed by atoms with Crippen LogP contribution in [0, 0.1) is 5.92 Å². The van der Waals surface area contributed by atoms with E-state index >= 15 is 4.79 Å². The van der Waals surface area contributed by atoms with Crippen molar-refractivity contribution in [2.75, 3.05) is 37.2 Å². The normalized spacial score (nSPS) is 20.9. The first-order valence-electron chi connectivity index (χ1n) is 20.7. The molecule has 310 valence electrons. The Hall–Kier alpha value is -5.75. The Bertz CT molecular complexity index is 2370. The fourth-order valence-corrected chi connectivity index (χ4v) is 13.9. The smallest absolute Gasteiger partial charge is 0.264 e. The molecule has 0 unspecified atom stereocenters. The topological polar surface area (TPSA) is 109 Å². The third kappa shape index (κ3) is 7.28. The number of fused-ring (bicyclic) bond motifs is 3. The van der Waals surface area contributed by atoms with Crippen LogP contribution in [-0.2, 0) is 44.2 Å². The number of aryl methyl sites for hydroxylation is 1. The molecule has 1 saturated heterocycles. The van der Waals surface area contributed by atoms with E-state index in [9.17, 15) is 14.7 Å². The Balaban J connectivity index is 1.16. The van der Waals surface area contributed by atoms with Gasteiger partial charge in [-0.15, -0.1) is 0 Å². The van der Waals surface area contributed by atoms with Gasteiger partial charge in [0.1, 0.15) is 11.5 Å². The zero-order valence-electron chi connectivity index (χ0n) is 35.0. The maximum atomic E-state index is 15.5. The summed E-state index contributed by atoms with van der Waals surface area (Å²) in [6, 6.07) is 39.5. The number of rotatable bonds is 13. The number of benzene rings is 5. The number of para-hydroxylation sites is 1. The summed E-state index contributed by atoms with van der Waals surface area (Å²) in [5.41, 5.74) is 4.56. The molecule has 0 saturated carbocycles. The van der Waals surface area contributed by atoms with Crippen molar-refractivity contribution in [3.8, 4) is 11.5 Å². The van der Waals surface area contributed by atoms with Gasteiger partial charge < -0.3 is 29.1 Å². The zero-order chi connectivity index (χ0) is 42.2.